The van der Waals surface area contributed by atoms with E-state index in [1.54, 1.807) is 0 Å². The fourth-order valence-corrected chi connectivity index (χ4v) is 1.34. The Kier molecular flexibility index (Phi) is 2.90. The van der Waals surface area contributed by atoms with Gasteiger partial charge in [0.15, 0.2) is 0 Å². The van der Waals surface area contributed by atoms with Gasteiger partial charge in [-0.05, 0) is 18.6 Å². The molecule has 0 heterocycles. The summed E-state index contributed by atoms with van der Waals surface area (Å²) >= 11 is 5.36. The first-order valence-corrected chi connectivity index (χ1v) is 4.13. The van der Waals surface area contributed by atoms with Crippen LogP contribution in [0.4, 0.5) is 18.9 Å². The number of aryl methyl sites for hydroxylation is 1. The second-order valence-corrected chi connectivity index (χ2v) is 3.28. The average molecular weight is 240 g/mol. The number of hydrogen-bond donors (Lipinski definition) is 0. The van der Waals surface area contributed by atoms with E-state index in [1.807, 2.05) is 0 Å². The Balaban J connectivity index is 3.39. The van der Waals surface area contributed by atoms with E-state index in [4.69, 9.17) is 11.6 Å². The zero-order chi connectivity index (χ0) is 11.8. The summed E-state index contributed by atoms with van der Waals surface area (Å²) in [6.45, 7) is 1.14. The minimum atomic E-state index is -4.55. The highest BCUT2D eigenvalue weighted by Gasteiger charge is 2.34. The van der Waals surface area contributed by atoms with Crippen LogP contribution in [-0.2, 0) is 6.18 Å². The van der Waals surface area contributed by atoms with Gasteiger partial charge in [0.25, 0.3) is 5.69 Å². The maximum absolute atomic E-state index is 12.3. The maximum Gasteiger partial charge on any atom is 0.416 e. The maximum atomic E-state index is 12.3. The van der Waals surface area contributed by atoms with Gasteiger partial charge in [-0.25, -0.2) is 0 Å². The molecule has 0 radical (unpaired) electrons. The molecule has 1 rings (SSSR count). The Labute approximate surface area is 87.6 Å². The summed E-state index contributed by atoms with van der Waals surface area (Å²) in [4.78, 5) is 9.55. The number of nitrogens with zero attached hydrogens (tertiary/aromatic N) is 1. The predicted molar refractivity (Wildman–Crippen MR) is 47.8 cm³/mol. The number of nitro groups is 1. The lowest BCUT2D eigenvalue weighted by molar-refractivity contribution is -0.384. The molecule has 0 unspecified atom stereocenters. The van der Waals surface area contributed by atoms with E-state index in [1.165, 1.54) is 0 Å². The molecule has 15 heavy (non-hydrogen) atoms. The van der Waals surface area contributed by atoms with Crippen molar-refractivity contribution in [2.24, 2.45) is 0 Å². The second-order valence-electron chi connectivity index (χ2n) is 2.87. The molecule has 0 fully saturated rings. The SMILES string of the molecule is Cc1cc([N+](=O)[O-])c(Cl)cc1C(F)(F)F. The van der Waals surface area contributed by atoms with Gasteiger partial charge < -0.3 is 0 Å². The largest absolute Gasteiger partial charge is 0.416 e. The van der Waals surface area contributed by atoms with Crippen molar-refractivity contribution < 1.29 is 18.1 Å². The highest BCUT2D eigenvalue weighted by Crippen LogP contribution is 2.37. The highest BCUT2D eigenvalue weighted by atomic mass is 35.5. The highest BCUT2D eigenvalue weighted by molar-refractivity contribution is 6.32. The van der Waals surface area contributed by atoms with Crippen LogP contribution in [0.25, 0.3) is 0 Å². The van der Waals surface area contributed by atoms with Gasteiger partial charge in [-0.15, -0.1) is 0 Å². The van der Waals surface area contributed by atoms with E-state index in [-0.39, 0.29) is 5.56 Å². The molecule has 0 spiro atoms. The van der Waals surface area contributed by atoms with E-state index < -0.39 is 27.4 Å². The van der Waals surface area contributed by atoms with Crippen molar-refractivity contribution in [3.63, 3.8) is 0 Å². The van der Waals surface area contributed by atoms with Crippen LogP contribution in [0, 0.1) is 17.0 Å². The van der Waals surface area contributed by atoms with Crippen molar-refractivity contribution in [2.75, 3.05) is 0 Å². The Morgan fingerprint density at radius 3 is 2.33 bits per heavy atom. The van der Waals surface area contributed by atoms with Crippen LogP contribution in [-0.4, -0.2) is 4.92 Å². The zero-order valence-corrected chi connectivity index (χ0v) is 8.19. The monoisotopic (exact) mass is 239 g/mol. The lowest BCUT2D eigenvalue weighted by Crippen LogP contribution is -2.08. The van der Waals surface area contributed by atoms with Crippen LogP contribution < -0.4 is 0 Å². The summed E-state index contributed by atoms with van der Waals surface area (Å²) in [5, 5.41) is 9.86. The first-order chi connectivity index (χ1) is 6.73. The van der Waals surface area contributed by atoms with Gasteiger partial charge >= 0.3 is 6.18 Å². The summed E-state index contributed by atoms with van der Waals surface area (Å²) in [6.07, 6.45) is -4.55. The number of rotatable bonds is 1. The first kappa shape index (κ1) is 11.8. The van der Waals surface area contributed by atoms with Crippen LogP contribution in [0.15, 0.2) is 12.1 Å². The van der Waals surface area contributed by atoms with Crippen LogP contribution in [0.3, 0.4) is 0 Å². The van der Waals surface area contributed by atoms with Crippen molar-refractivity contribution in [3.05, 3.63) is 38.4 Å². The number of benzene rings is 1. The molecule has 7 heteroatoms. The summed E-state index contributed by atoms with van der Waals surface area (Å²) in [5.74, 6) is 0. The normalized spacial score (nSPS) is 11.5. The quantitative estimate of drug-likeness (QED) is 0.555. The molecule has 0 aliphatic rings. The fourth-order valence-electron chi connectivity index (χ4n) is 1.11. The third-order valence-corrected chi connectivity index (χ3v) is 2.10. The van der Waals surface area contributed by atoms with Crippen LogP contribution in [0.5, 0.6) is 0 Å². The van der Waals surface area contributed by atoms with Crippen LogP contribution in [0.2, 0.25) is 5.02 Å². The summed E-state index contributed by atoms with van der Waals surface area (Å²) in [7, 11) is 0. The molecule has 3 nitrogen and oxygen atoms in total. The molecule has 0 aromatic heterocycles. The predicted octanol–water partition coefficient (Wildman–Crippen LogP) is 3.58. The minimum Gasteiger partial charge on any atom is -0.258 e. The van der Waals surface area contributed by atoms with Gasteiger partial charge in [0.1, 0.15) is 5.02 Å². The molecule has 0 aliphatic carbocycles. The topological polar surface area (TPSA) is 43.1 Å². The molecule has 0 N–H and O–H groups in total. The minimum absolute atomic E-state index is 0.224. The molecule has 82 valence electrons. The number of nitro benzene ring substituents is 1. The molecular formula is C8H5ClF3NO2. The standard InChI is InChI=1S/C8H5ClF3NO2/c1-4-2-7(13(14)15)6(9)3-5(4)8(10,11)12/h2-3H,1H3. The second kappa shape index (κ2) is 3.69. The number of halogens is 4. The Hall–Kier alpha value is -1.30. The Morgan fingerprint density at radius 2 is 1.93 bits per heavy atom. The van der Waals surface area contributed by atoms with E-state index in [0.29, 0.717) is 6.07 Å². The van der Waals surface area contributed by atoms with Crippen molar-refractivity contribution in [3.8, 4) is 0 Å². The van der Waals surface area contributed by atoms with E-state index in [0.717, 1.165) is 13.0 Å². The van der Waals surface area contributed by atoms with Gasteiger partial charge in [-0.3, -0.25) is 10.1 Å². The molecule has 0 saturated carbocycles. The van der Waals surface area contributed by atoms with Gasteiger partial charge in [0.05, 0.1) is 10.5 Å². The lowest BCUT2D eigenvalue weighted by Gasteiger charge is -2.10. The molecule has 0 aliphatic heterocycles. The summed E-state index contributed by atoms with van der Waals surface area (Å²) < 4.78 is 37.0. The molecule has 0 atom stereocenters. The molecule has 1 aromatic carbocycles. The zero-order valence-electron chi connectivity index (χ0n) is 7.43. The summed E-state index contributed by atoms with van der Waals surface area (Å²) in [6, 6.07) is 1.38. The van der Waals surface area contributed by atoms with Crippen molar-refractivity contribution >= 4 is 17.3 Å². The Bertz CT molecular complexity index is 417. The first-order valence-electron chi connectivity index (χ1n) is 3.75. The van der Waals surface area contributed by atoms with Crippen molar-refractivity contribution in [2.45, 2.75) is 13.1 Å². The molecular weight excluding hydrogens is 235 g/mol. The third kappa shape index (κ3) is 2.38. The molecule has 0 bridgehead atoms. The molecule has 0 amide bonds. The van der Waals surface area contributed by atoms with E-state index in [2.05, 4.69) is 0 Å². The molecule has 1 aromatic rings. The van der Waals surface area contributed by atoms with Crippen LogP contribution in [0.1, 0.15) is 11.1 Å². The Morgan fingerprint density at radius 1 is 1.40 bits per heavy atom. The lowest BCUT2D eigenvalue weighted by atomic mass is 10.1. The smallest absolute Gasteiger partial charge is 0.258 e. The third-order valence-electron chi connectivity index (χ3n) is 1.80. The van der Waals surface area contributed by atoms with Gasteiger partial charge in [-0.2, -0.15) is 13.2 Å². The molecule has 0 saturated heterocycles. The number of hydrogen-bond acceptors (Lipinski definition) is 2. The van der Waals surface area contributed by atoms with E-state index >= 15 is 0 Å². The van der Waals surface area contributed by atoms with E-state index in [9.17, 15) is 23.3 Å². The fraction of sp³-hybridized carbons (Fsp3) is 0.250. The summed E-state index contributed by atoms with van der Waals surface area (Å²) in [5.41, 5.74) is -1.71. The van der Waals surface area contributed by atoms with Crippen LogP contribution >= 0.6 is 11.6 Å². The van der Waals surface area contributed by atoms with Crippen molar-refractivity contribution in [1.82, 2.24) is 0 Å². The van der Waals surface area contributed by atoms with Crippen molar-refractivity contribution in [1.29, 1.82) is 0 Å². The average Bonchev–Trinajstić information content (AvgIpc) is 2.06. The van der Waals surface area contributed by atoms with Gasteiger partial charge in [0, 0.05) is 6.07 Å². The van der Waals surface area contributed by atoms with Gasteiger partial charge in [0.2, 0.25) is 0 Å². The van der Waals surface area contributed by atoms with Gasteiger partial charge in [-0.1, -0.05) is 11.6 Å². The number of alkyl halides is 3.